The smallest absolute Gasteiger partial charge is 0.0574 e. The van der Waals surface area contributed by atoms with Gasteiger partial charge in [0.1, 0.15) is 0 Å². The van der Waals surface area contributed by atoms with Crippen molar-refractivity contribution in [3.05, 3.63) is 0 Å². The van der Waals surface area contributed by atoms with Crippen LogP contribution in [0.25, 0.3) is 0 Å². The van der Waals surface area contributed by atoms with E-state index in [0.717, 1.165) is 19.0 Å². The number of nitrogens with zero attached hydrogens (tertiary/aromatic N) is 1. The number of hydrogen-bond acceptors (Lipinski definition) is 2. The van der Waals surface area contributed by atoms with E-state index in [-0.39, 0.29) is 0 Å². The number of nitrogens with one attached hydrogen (secondary N) is 1. The zero-order chi connectivity index (χ0) is 10.4. The number of rotatable bonds is 7. The first-order valence-corrected chi connectivity index (χ1v) is 5.66. The fraction of sp³-hybridized carbons (Fsp3) is 0.833. The third-order valence-corrected chi connectivity index (χ3v) is 2.89. The highest BCUT2D eigenvalue weighted by Crippen LogP contribution is 2.30. The van der Waals surface area contributed by atoms with Crippen LogP contribution in [0, 0.1) is 18.3 Å². The molecule has 2 nitrogen and oxygen atoms in total. The minimum Gasteiger partial charge on any atom is -0.305 e. The van der Waals surface area contributed by atoms with Gasteiger partial charge in [0.05, 0.1) is 6.54 Å². The molecular weight excluding hydrogens is 172 g/mol. The maximum absolute atomic E-state index is 5.19. The monoisotopic (exact) mass is 194 g/mol. The molecule has 0 aromatic carbocycles. The van der Waals surface area contributed by atoms with Gasteiger partial charge in [-0.2, -0.15) is 0 Å². The van der Waals surface area contributed by atoms with E-state index in [9.17, 15) is 0 Å². The summed E-state index contributed by atoms with van der Waals surface area (Å²) in [6.07, 6.45) is 8.05. The van der Waals surface area contributed by atoms with Crippen molar-refractivity contribution in [3.8, 4) is 12.3 Å². The van der Waals surface area contributed by atoms with Gasteiger partial charge in [-0.1, -0.05) is 12.8 Å². The van der Waals surface area contributed by atoms with E-state index < -0.39 is 0 Å². The van der Waals surface area contributed by atoms with Gasteiger partial charge in [-0.15, -0.1) is 6.42 Å². The lowest BCUT2D eigenvalue weighted by Gasteiger charge is -2.27. The molecular formula is C12H22N2. The van der Waals surface area contributed by atoms with Gasteiger partial charge in [-0.3, -0.25) is 4.90 Å². The summed E-state index contributed by atoms with van der Waals surface area (Å²) in [5, 5.41) is 3.27. The van der Waals surface area contributed by atoms with Crippen LogP contribution in [-0.2, 0) is 0 Å². The maximum atomic E-state index is 5.19. The van der Waals surface area contributed by atoms with Crippen LogP contribution in [0.2, 0.25) is 0 Å². The molecule has 1 atom stereocenters. The van der Waals surface area contributed by atoms with Gasteiger partial charge in [-0.25, -0.2) is 0 Å². The molecule has 2 heteroatoms. The predicted molar refractivity (Wildman–Crippen MR) is 61.1 cm³/mol. The van der Waals surface area contributed by atoms with Crippen molar-refractivity contribution in [2.45, 2.75) is 32.7 Å². The van der Waals surface area contributed by atoms with E-state index in [0.29, 0.717) is 12.6 Å². The summed E-state index contributed by atoms with van der Waals surface area (Å²) in [6, 6.07) is 0.606. The highest BCUT2D eigenvalue weighted by molar-refractivity contribution is 4.87. The van der Waals surface area contributed by atoms with Crippen molar-refractivity contribution < 1.29 is 0 Å². The van der Waals surface area contributed by atoms with Crippen molar-refractivity contribution >= 4 is 0 Å². The lowest BCUT2D eigenvalue weighted by molar-refractivity contribution is 0.207. The Morgan fingerprint density at radius 3 is 2.79 bits per heavy atom. The summed E-state index contributed by atoms with van der Waals surface area (Å²) in [5.74, 6) is 3.58. The zero-order valence-electron chi connectivity index (χ0n) is 9.42. The Hall–Kier alpha value is -0.520. The van der Waals surface area contributed by atoms with Gasteiger partial charge in [0, 0.05) is 19.1 Å². The molecule has 1 rings (SSSR count). The molecule has 14 heavy (non-hydrogen) atoms. The lowest BCUT2D eigenvalue weighted by atomic mass is 10.2. The van der Waals surface area contributed by atoms with Gasteiger partial charge >= 0.3 is 0 Å². The van der Waals surface area contributed by atoms with Crippen LogP contribution in [-0.4, -0.2) is 37.1 Å². The molecule has 1 fully saturated rings. The summed E-state index contributed by atoms with van der Waals surface area (Å²) in [6.45, 7) is 8.62. The summed E-state index contributed by atoms with van der Waals surface area (Å²) >= 11 is 0. The predicted octanol–water partition coefficient (Wildman–Crippen LogP) is 1.33. The van der Waals surface area contributed by atoms with Crippen LogP contribution in [0.5, 0.6) is 0 Å². The van der Waals surface area contributed by atoms with Crippen LogP contribution < -0.4 is 5.32 Å². The highest BCUT2D eigenvalue weighted by Gasteiger charge is 2.25. The van der Waals surface area contributed by atoms with Gasteiger partial charge < -0.3 is 5.32 Å². The molecule has 0 radical (unpaired) electrons. The first-order valence-electron chi connectivity index (χ1n) is 5.66. The minimum absolute atomic E-state index is 0.606. The highest BCUT2D eigenvalue weighted by atomic mass is 15.2. The Labute approximate surface area is 88.1 Å². The third kappa shape index (κ3) is 4.13. The van der Waals surface area contributed by atoms with E-state index in [1.54, 1.807) is 0 Å². The third-order valence-electron chi connectivity index (χ3n) is 2.89. The van der Waals surface area contributed by atoms with Crippen molar-refractivity contribution in [1.82, 2.24) is 10.2 Å². The molecule has 0 saturated heterocycles. The van der Waals surface area contributed by atoms with Crippen LogP contribution in [0.4, 0.5) is 0 Å². The zero-order valence-corrected chi connectivity index (χ0v) is 9.42. The van der Waals surface area contributed by atoms with Gasteiger partial charge in [0.25, 0.3) is 0 Å². The van der Waals surface area contributed by atoms with Gasteiger partial charge in [0.2, 0.25) is 0 Å². The first kappa shape index (κ1) is 11.6. The van der Waals surface area contributed by atoms with E-state index in [4.69, 9.17) is 6.42 Å². The molecule has 1 unspecified atom stereocenters. The molecule has 80 valence electrons. The van der Waals surface area contributed by atoms with Crippen molar-refractivity contribution in [2.75, 3.05) is 26.2 Å². The quantitative estimate of drug-likeness (QED) is 0.486. The minimum atomic E-state index is 0.606. The van der Waals surface area contributed by atoms with Crippen molar-refractivity contribution in [3.63, 3.8) is 0 Å². The largest absolute Gasteiger partial charge is 0.305 e. The summed E-state index contributed by atoms with van der Waals surface area (Å²) in [5.41, 5.74) is 0. The summed E-state index contributed by atoms with van der Waals surface area (Å²) < 4.78 is 0. The van der Waals surface area contributed by atoms with Crippen LogP contribution in [0.1, 0.15) is 26.7 Å². The normalized spacial score (nSPS) is 18.1. The van der Waals surface area contributed by atoms with E-state index in [2.05, 4.69) is 30.0 Å². The van der Waals surface area contributed by atoms with E-state index in [1.807, 2.05) is 0 Å². The Kier molecular flexibility index (Phi) is 5.00. The molecule has 0 aromatic rings. The van der Waals surface area contributed by atoms with Crippen molar-refractivity contribution in [1.29, 1.82) is 0 Å². The number of likely N-dealkylation sites (N-methyl/N-ethyl adjacent to an activating group) is 1. The van der Waals surface area contributed by atoms with Crippen LogP contribution >= 0.6 is 0 Å². The molecule has 0 spiro atoms. The average Bonchev–Trinajstić information content (AvgIpc) is 2.98. The molecule has 1 N–H and O–H groups in total. The van der Waals surface area contributed by atoms with Crippen LogP contribution in [0.15, 0.2) is 0 Å². The molecule has 1 aliphatic carbocycles. The molecule has 0 amide bonds. The fourth-order valence-electron chi connectivity index (χ4n) is 1.74. The van der Waals surface area contributed by atoms with E-state index >= 15 is 0 Å². The number of terminal acetylenes is 1. The molecule has 0 aliphatic heterocycles. The van der Waals surface area contributed by atoms with Gasteiger partial charge in [0.15, 0.2) is 0 Å². The lowest BCUT2D eigenvalue weighted by Crippen LogP contribution is -2.41. The standard InChI is InChI=1S/C12H22N2/c1-4-8-13-9-11(3)14(5-2)10-12-6-7-12/h1,11-13H,5-10H2,2-3H3. The van der Waals surface area contributed by atoms with E-state index in [1.165, 1.54) is 19.4 Å². The molecule has 0 bridgehead atoms. The Bertz CT molecular complexity index is 191. The second kappa shape index (κ2) is 6.06. The second-order valence-electron chi connectivity index (χ2n) is 4.21. The first-order chi connectivity index (χ1) is 6.77. The fourth-order valence-corrected chi connectivity index (χ4v) is 1.74. The Morgan fingerprint density at radius 1 is 1.57 bits per heavy atom. The number of hydrogen-bond donors (Lipinski definition) is 1. The topological polar surface area (TPSA) is 15.3 Å². The Balaban J connectivity index is 2.16. The second-order valence-corrected chi connectivity index (χ2v) is 4.21. The van der Waals surface area contributed by atoms with Crippen LogP contribution in [0.3, 0.4) is 0 Å². The SMILES string of the molecule is C#CCNCC(C)N(CC)CC1CC1. The Morgan fingerprint density at radius 2 is 2.29 bits per heavy atom. The summed E-state index contributed by atoms with van der Waals surface area (Å²) in [7, 11) is 0. The average molecular weight is 194 g/mol. The van der Waals surface area contributed by atoms with Crippen molar-refractivity contribution in [2.24, 2.45) is 5.92 Å². The van der Waals surface area contributed by atoms with Gasteiger partial charge in [-0.05, 0) is 32.2 Å². The molecule has 1 saturated carbocycles. The molecule has 1 aliphatic rings. The molecule has 0 heterocycles. The molecule has 0 aromatic heterocycles. The maximum Gasteiger partial charge on any atom is 0.0574 e. The summed E-state index contributed by atoms with van der Waals surface area (Å²) in [4.78, 5) is 2.54.